The molecule has 1 aliphatic heterocycles. The molecule has 1 aromatic heterocycles. The van der Waals surface area contributed by atoms with Crippen molar-refractivity contribution in [1.82, 2.24) is 14.8 Å². The number of aromatic nitrogens is 1. The minimum atomic E-state index is -1.28. The second kappa shape index (κ2) is 10.9. The molecule has 0 aliphatic carbocycles. The predicted octanol–water partition coefficient (Wildman–Crippen LogP) is 5.87. The quantitative estimate of drug-likeness (QED) is 0.213. The molecule has 198 valence electrons. The van der Waals surface area contributed by atoms with Crippen molar-refractivity contribution in [3.63, 3.8) is 0 Å². The van der Waals surface area contributed by atoms with Crippen molar-refractivity contribution in [2.45, 2.75) is 38.8 Å². The summed E-state index contributed by atoms with van der Waals surface area (Å²) >= 11 is 6.00. The Bertz CT molecular complexity index is 1510. The number of rotatable bonds is 9. The number of halogens is 1. The first-order valence-electron chi connectivity index (χ1n) is 13.0. The van der Waals surface area contributed by atoms with Crippen molar-refractivity contribution in [1.29, 1.82) is 0 Å². The molecule has 1 atom stereocenters. The number of nitrogens with zero attached hydrogens (tertiary/aromatic N) is 2. The Kier molecular flexibility index (Phi) is 7.40. The van der Waals surface area contributed by atoms with Crippen LogP contribution in [-0.2, 0) is 29.7 Å². The molecule has 0 spiro atoms. The summed E-state index contributed by atoms with van der Waals surface area (Å²) in [7, 11) is 0. The van der Waals surface area contributed by atoms with E-state index in [2.05, 4.69) is 9.88 Å². The third-order valence-electron chi connectivity index (χ3n) is 7.47. The van der Waals surface area contributed by atoms with Crippen LogP contribution in [0.15, 0.2) is 91.0 Å². The van der Waals surface area contributed by atoms with Crippen LogP contribution in [0.1, 0.15) is 38.4 Å². The minimum Gasteiger partial charge on any atom is -0.348 e. The van der Waals surface area contributed by atoms with Gasteiger partial charge in [-0.15, -0.1) is 0 Å². The van der Waals surface area contributed by atoms with Gasteiger partial charge in [-0.25, -0.2) is 4.79 Å². The summed E-state index contributed by atoms with van der Waals surface area (Å²) in [6.45, 7) is 4.23. The molecule has 0 saturated carbocycles. The molecule has 3 aromatic carbocycles. The molecule has 0 bridgehead atoms. The number of benzene rings is 3. The maximum Gasteiger partial charge on any atom is 0.325 e. The van der Waals surface area contributed by atoms with Gasteiger partial charge in [-0.3, -0.25) is 14.5 Å². The molecule has 6 nitrogen and oxygen atoms in total. The van der Waals surface area contributed by atoms with E-state index in [1.807, 2.05) is 105 Å². The summed E-state index contributed by atoms with van der Waals surface area (Å²) in [5.41, 5.74) is 3.74. The van der Waals surface area contributed by atoms with Crippen molar-refractivity contribution in [3.05, 3.63) is 130 Å². The summed E-state index contributed by atoms with van der Waals surface area (Å²) in [6, 6.07) is 27.8. The summed E-state index contributed by atoms with van der Waals surface area (Å²) < 4.78 is 2.09. The zero-order valence-electron chi connectivity index (χ0n) is 22.0. The minimum absolute atomic E-state index is 0.270. The molecule has 1 fully saturated rings. The third-order valence-corrected chi connectivity index (χ3v) is 7.72. The fourth-order valence-electron chi connectivity index (χ4n) is 5.36. The van der Waals surface area contributed by atoms with Gasteiger partial charge in [-0.05, 0) is 55.2 Å². The van der Waals surface area contributed by atoms with Crippen molar-refractivity contribution in [2.75, 3.05) is 6.54 Å². The highest BCUT2D eigenvalue weighted by Gasteiger charge is 2.52. The largest absolute Gasteiger partial charge is 0.348 e. The van der Waals surface area contributed by atoms with E-state index < -0.39 is 17.5 Å². The van der Waals surface area contributed by atoms with Gasteiger partial charge in [0.1, 0.15) is 0 Å². The van der Waals surface area contributed by atoms with Crippen LogP contribution in [0.3, 0.4) is 0 Å². The van der Waals surface area contributed by atoms with E-state index in [-0.39, 0.29) is 18.7 Å². The van der Waals surface area contributed by atoms with Crippen molar-refractivity contribution >= 4 is 29.3 Å². The van der Waals surface area contributed by atoms with E-state index in [0.717, 1.165) is 33.8 Å². The monoisotopic (exact) mass is 539 g/mol. The third kappa shape index (κ3) is 5.25. The standard InChI is InChI=1S/C32H30ClN3O3/c1-22-19-28(23(2)35(22)18-17-24-13-15-27(33)16-14-24)29(37)21-36-30(38)32(34-31(36)39,26-11-7-4-8-12-26)20-25-9-5-3-6-10-25/h3-16,19H,17-18,20-21H2,1-2H3,(H,34,39). The lowest BCUT2D eigenvalue weighted by Gasteiger charge is -2.27. The Balaban J connectivity index is 1.37. The Morgan fingerprint density at radius 3 is 2.18 bits per heavy atom. The Labute approximate surface area is 233 Å². The average Bonchev–Trinajstić information content (AvgIpc) is 3.36. The fourth-order valence-corrected chi connectivity index (χ4v) is 5.49. The van der Waals surface area contributed by atoms with Gasteiger partial charge in [0, 0.05) is 34.9 Å². The molecule has 3 amide bonds. The number of imide groups is 1. The van der Waals surface area contributed by atoms with E-state index in [1.54, 1.807) is 0 Å². The molecule has 2 heterocycles. The Morgan fingerprint density at radius 1 is 0.872 bits per heavy atom. The van der Waals surface area contributed by atoms with Crippen molar-refractivity contribution in [3.8, 4) is 0 Å². The zero-order valence-corrected chi connectivity index (χ0v) is 22.7. The zero-order chi connectivity index (χ0) is 27.6. The van der Waals surface area contributed by atoms with Crippen LogP contribution in [0.4, 0.5) is 4.79 Å². The smallest absolute Gasteiger partial charge is 0.325 e. The first-order chi connectivity index (χ1) is 18.8. The SMILES string of the molecule is Cc1cc(C(=O)CN2C(=O)NC(Cc3ccccc3)(c3ccccc3)C2=O)c(C)n1CCc1ccc(Cl)cc1. The number of carbonyl (C=O) groups is 3. The fraction of sp³-hybridized carbons (Fsp3) is 0.219. The van der Waals surface area contributed by atoms with E-state index in [1.165, 1.54) is 0 Å². The van der Waals surface area contributed by atoms with Crippen molar-refractivity contribution < 1.29 is 14.4 Å². The highest BCUT2D eigenvalue weighted by molar-refractivity contribution is 6.30. The molecule has 4 aromatic rings. The van der Waals surface area contributed by atoms with E-state index >= 15 is 0 Å². The van der Waals surface area contributed by atoms with Gasteiger partial charge in [-0.2, -0.15) is 0 Å². The van der Waals surface area contributed by atoms with Gasteiger partial charge in [0.25, 0.3) is 5.91 Å². The highest BCUT2D eigenvalue weighted by Crippen LogP contribution is 2.33. The summed E-state index contributed by atoms with van der Waals surface area (Å²) in [6.07, 6.45) is 1.07. The van der Waals surface area contributed by atoms with Crippen LogP contribution in [0.5, 0.6) is 0 Å². The number of hydrogen-bond donors (Lipinski definition) is 1. The molecule has 1 saturated heterocycles. The van der Waals surface area contributed by atoms with Gasteiger partial charge in [0.05, 0.1) is 6.54 Å². The topological polar surface area (TPSA) is 71.4 Å². The van der Waals surface area contributed by atoms with E-state index in [0.29, 0.717) is 22.7 Å². The average molecular weight is 540 g/mol. The maximum atomic E-state index is 13.9. The molecule has 1 aliphatic rings. The van der Waals surface area contributed by atoms with Crippen LogP contribution in [0.25, 0.3) is 0 Å². The molecule has 0 radical (unpaired) electrons. The molecular weight excluding hydrogens is 510 g/mol. The number of aryl methyl sites for hydroxylation is 2. The number of amides is 3. The van der Waals surface area contributed by atoms with Gasteiger partial charge in [0.2, 0.25) is 0 Å². The first kappa shape index (κ1) is 26.4. The lowest BCUT2D eigenvalue weighted by Crippen LogP contribution is -2.46. The summed E-state index contributed by atoms with van der Waals surface area (Å²) in [4.78, 5) is 41.7. The predicted molar refractivity (Wildman–Crippen MR) is 152 cm³/mol. The Morgan fingerprint density at radius 2 is 1.51 bits per heavy atom. The molecule has 39 heavy (non-hydrogen) atoms. The number of hydrogen-bond acceptors (Lipinski definition) is 3. The van der Waals surface area contributed by atoms with Crippen LogP contribution >= 0.6 is 11.6 Å². The number of urea groups is 1. The molecule has 1 N–H and O–H groups in total. The van der Waals surface area contributed by atoms with E-state index in [9.17, 15) is 14.4 Å². The van der Waals surface area contributed by atoms with Crippen molar-refractivity contribution in [2.24, 2.45) is 0 Å². The molecule has 1 unspecified atom stereocenters. The maximum absolute atomic E-state index is 13.9. The highest BCUT2D eigenvalue weighted by atomic mass is 35.5. The summed E-state index contributed by atoms with van der Waals surface area (Å²) in [5.74, 6) is -0.694. The lowest BCUT2D eigenvalue weighted by molar-refractivity contribution is -0.131. The first-order valence-corrected chi connectivity index (χ1v) is 13.3. The van der Waals surface area contributed by atoms with Gasteiger partial charge < -0.3 is 9.88 Å². The molecule has 7 heteroatoms. The normalized spacial score (nSPS) is 16.9. The van der Waals surface area contributed by atoms with Crippen LogP contribution in [0.2, 0.25) is 5.02 Å². The second-order valence-corrected chi connectivity index (χ2v) is 10.4. The van der Waals surface area contributed by atoms with Crippen LogP contribution in [0, 0.1) is 13.8 Å². The van der Waals surface area contributed by atoms with Gasteiger partial charge in [-0.1, -0.05) is 84.4 Å². The van der Waals surface area contributed by atoms with Gasteiger partial charge in [0.15, 0.2) is 11.3 Å². The van der Waals surface area contributed by atoms with E-state index in [4.69, 9.17) is 11.6 Å². The Hall–Kier alpha value is -4.16. The number of Topliss-reactive ketones (excluding diaryl/α,β-unsaturated/α-hetero) is 1. The number of nitrogens with one attached hydrogen (secondary N) is 1. The lowest BCUT2D eigenvalue weighted by atomic mass is 9.83. The van der Waals surface area contributed by atoms with Crippen LogP contribution in [-0.4, -0.2) is 33.7 Å². The summed E-state index contributed by atoms with van der Waals surface area (Å²) in [5, 5.41) is 3.63. The second-order valence-electron chi connectivity index (χ2n) is 9.99. The van der Waals surface area contributed by atoms with Gasteiger partial charge >= 0.3 is 6.03 Å². The molecule has 5 rings (SSSR count). The number of ketones is 1. The number of carbonyl (C=O) groups excluding carboxylic acids is 3. The van der Waals surface area contributed by atoms with Crippen LogP contribution < -0.4 is 5.32 Å². The molecular formula is C32H30ClN3O3.